The van der Waals surface area contributed by atoms with Crippen molar-refractivity contribution in [1.82, 2.24) is 0 Å². The second-order valence-electron chi connectivity index (χ2n) is 4.97. The topological polar surface area (TPSA) is 30.5 Å². The summed E-state index contributed by atoms with van der Waals surface area (Å²) in [4.78, 5) is 0. The van der Waals surface area contributed by atoms with Crippen LogP contribution in [0.25, 0.3) is 0 Å². The molecule has 3 nitrogen and oxygen atoms in total. The van der Waals surface area contributed by atoms with E-state index in [1.54, 1.807) is 6.07 Å². The normalized spacial score (nSPS) is 12.7. The van der Waals surface area contributed by atoms with Crippen LogP contribution in [0.4, 0.5) is 10.1 Å². The van der Waals surface area contributed by atoms with Crippen molar-refractivity contribution in [3.63, 3.8) is 0 Å². The molecule has 110 valence electrons. The Morgan fingerprint density at radius 1 is 1.24 bits per heavy atom. The van der Waals surface area contributed by atoms with Crippen LogP contribution in [0.5, 0.6) is 11.5 Å². The van der Waals surface area contributed by atoms with Crippen LogP contribution in [0, 0.1) is 5.82 Å². The fourth-order valence-corrected chi connectivity index (χ4v) is 2.44. The number of hydrogen-bond donors (Lipinski definition) is 1. The summed E-state index contributed by atoms with van der Waals surface area (Å²) in [5, 5.41) is 3.23. The largest absolute Gasteiger partial charge is 0.493 e. The maximum atomic E-state index is 13.8. The molecule has 2 aromatic carbocycles. The smallest absolute Gasteiger partial charge is 0.167 e. The molecule has 0 unspecified atom stereocenters. The van der Waals surface area contributed by atoms with Crippen LogP contribution in [0.1, 0.15) is 18.1 Å². The van der Waals surface area contributed by atoms with Crippen molar-refractivity contribution in [2.24, 2.45) is 0 Å². The number of anilines is 1. The average molecular weight is 287 g/mol. The monoisotopic (exact) mass is 287 g/mol. The van der Waals surface area contributed by atoms with Crippen LogP contribution in [0.3, 0.4) is 0 Å². The van der Waals surface area contributed by atoms with E-state index < -0.39 is 0 Å². The molecule has 0 saturated heterocycles. The molecule has 0 amide bonds. The highest BCUT2D eigenvalue weighted by molar-refractivity contribution is 5.48. The van der Waals surface area contributed by atoms with Gasteiger partial charge in [-0.05, 0) is 36.2 Å². The van der Waals surface area contributed by atoms with E-state index >= 15 is 0 Å². The number of nitrogens with one attached hydrogen (secondary N) is 1. The quantitative estimate of drug-likeness (QED) is 0.908. The van der Waals surface area contributed by atoms with Crippen LogP contribution in [0.2, 0.25) is 0 Å². The zero-order valence-electron chi connectivity index (χ0n) is 12.0. The van der Waals surface area contributed by atoms with Crippen molar-refractivity contribution in [2.45, 2.75) is 19.9 Å². The number of fused-ring (bicyclic) bond motifs is 1. The molecule has 3 rings (SSSR count). The molecule has 0 aromatic heterocycles. The first-order valence-electron chi connectivity index (χ1n) is 7.17. The molecule has 0 aliphatic carbocycles. The Bertz CT molecular complexity index is 643. The minimum Gasteiger partial charge on any atom is -0.493 e. The van der Waals surface area contributed by atoms with Crippen LogP contribution in [-0.2, 0) is 13.0 Å². The van der Waals surface area contributed by atoms with E-state index in [0.717, 1.165) is 30.0 Å². The van der Waals surface area contributed by atoms with Gasteiger partial charge >= 0.3 is 0 Å². The minimum atomic E-state index is -0.343. The molecule has 0 bridgehead atoms. The van der Waals surface area contributed by atoms with Gasteiger partial charge in [-0.3, -0.25) is 0 Å². The predicted octanol–water partition coefficient (Wildman–Crippen LogP) is 3.77. The van der Waals surface area contributed by atoms with Crippen molar-refractivity contribution in [3.05, 3.63) is 53.3 Å². The SMILES string of the molecule is CCOc1ccc(NCc2ccc3c(c2)CCO3)cc1F. The summed E-state index contributed by atoms with van der Waals surface area (Å²) in [7, 11) is 0. The van der Waals surface area contributed by atoms with Gasteiger partial charge in [0, 0.05) is 24.7 Å². The number of benzene rings is 2. The van der Waals surface area contributed by atoms with E-state index in [9.17, 15) is 4.39 Å². The van der Waals surface area contributed by atoms with Gasteiger partial charge < -0.3 is 14.8 Å². The summed E-state index contributed by atoms with van der Waals surface area (Å²) in [5.41, 5.74) is 3.15. The molecular formula is C17H18FNO2. The Labute approximate surface area is 123 Å². The fourth-order valence-electron chi connectivity index (χ4n) is 2.44. The first-order chi connectivity index (χ1) is 10.3. The predicted molar refractivity (Wildman–Crippen MR) is 80.5 cm³/mol. The lowest BCUT2D eigenvalue weighted by Gasteiger charge is -2.10. The van der Waals surface area contributed by atoms with Crippen molar-refractivity contribution < 1.29 is 13.9 Å². The van der Waals surface area contributed by atoms with Crippen LogP contribution >= 0.6 is 0 Å². The molecule has 1 aliphatic heterocycles. The summed E-state index contributed by atoms with van der Waals surface area (Å²) >= 11 is 0. The summed E-state index contributed by atoms with van der Waals surface area (Å²) in [6.07, 6.45) is 0.959. The highest BCUT2D eigenvalue weighted by atomic mass is 19.1. The maximum Gasteiger partial charge on any atom is 0.167 e. The molecule has 0 atom stereocenters. The lowest BCUT2D eigenvalue weighted by molar-refractivity contribution is 0.321. The highest BCUT2D eigenvalue weighted by Gasteiger charge is 2.12. The molecule has 1 N–H and O–H groups in total. The molecular weight excluding hydrogens is 269 g/mol. The standard InChI is InChI=1S/C17H18FNO2/c1-2-20-17-6-4-14(10-15(17)18)19-11-12-3-5-16-13(9-12)7-8-21-16/h3-6,9-10,19H,2,7-8,11H2,1H3. The van der Waals surface area contributed by atoms with Gasteiger partial charge in [0.25, 0.3) is 0 Å². The molecule has 2 aromatic rings. The zero-order valence-corrected chi connectivity index (χ0v) is 12.0. The first kappa shape index (κ1) is 13.7. The Morgan fingerprint density at radius 2 is 2.14 bits per heavy atom. The molecule has 4 heteroatoms. The Balaban J connectivity index is 1.66. The van der Waals surface area contributed by atoms with Gasteiger partial charge in [0.15, 0.2) is 11.6 Å². The van der Waals surface area contributed by atoms with E-state index in [2.05, 4.69) is 11.4 Å². The lowest BCUT2D eigenvalue weighted by atomic mass is 10.1. The van der Waals surface area contributed by atoms with Gasteiger partial charge in [-0.25, -0.2) is 4.39 Å². The van der Waals surface area contributed by atoms with Crippen LogP contribution in [0.15, 0.2) is 36.4 Å². The van der Waals surface area contributed by atoms with E-state index in [1.807, 2.05) is 25.1 Å². The molecule has 0 fully saturated rings. The van der Waals surface area contributed by atoms with Crippen LogP contribution < -0.4 is 14.8 Å². The summed E-state index contributed by atoms with van der Waals surface area (Å²) in [6.45, 7) is 3.71. The average Bonchev–Trinajstić information content (AvgIpc) is 2.95. The van der Waals surface area contributed by atoms with E-state index in [-0.39, 0.29) is 11.6 Å². The molecule has 0 radical (unpaired) electrons. The molecule has 0 saturated carbocycles. The molecule has 1 aliphatic rings. The Hall–Kier alpha value is -2.23. The summed E-state index contributed by atoms with van der Waals surface area (Å²) in [6, 6.07) is 11.1. The van der Waals surface area contributed by atoms with Crippen molar-refractivity contribution in [3.8, 4) is 11.5 Å². The third kappa shape index (κ3) is 3.10. The first-order valence-corrected chi connectivity index (χ1v) is 7.17. The van der Waals surface area contributed by atoms with Gasteiger partial charge in [-0.15, -0.1) is 0 Å². The third-order valence-corrected chi connectivity index (χ3v) is 3.48. The second-order valence-corrected chi connectivity index (χ2v) is 4.97. The number of rotatable bonds is 5. The highest BCUT2D eigenvalue weighted by Crippen LogP contribution is 2.26. The van der Waals surface area contributed by atoms with Gasteiger partial charge in [-0.1, -0.05) is 12.1 Å². The lowest BCUT2D eigenvalue weighted by Crippen LogP contribution is -2.01. The van der Waals surface area contributed by atoms with Gasteiger partial charge in [-0.2, -0.15) is 0 Å². The van der Waals surface area contributed by atoms with Crippen molar-refractivity contribution >= 4 is 5.69 Å². The summed E-state index contributed by atoms with van der Waals surface area (Å²) in [5.74, 6) is 0.924. The fraction of sp³-hybridized carbons (Fsp3) is 0.294. The molecule has 1 heterocycles. The Morgan fingerprint density at radius 3 is 2.95 bits per heavy atom. The van der Waals surface area contributed by atoms with E-state index in [4.69, 9.17) is 9.47 Å². The molecule has 0 spiro atoms. The van der Waals surface area contributed by atoms with Crippen molar-refractivity contribution in [1.29, 1.82) is 0 Å². The number of halogens is 1. The third-order valence-electron chi connectivity index (χ3n) is 3.48. The van der Waals surface area contributed by atoms with Crippen molar-refractivity contribution in [2.75, 3.05) is 18.5 Å². The second kappa shape index (κ2) is 6.04. The number of hydrogen-bond acceptors (Lipinski definition) is 3. The van der Waals surface area contributed by atoms with E-state index in [1.165, 1.54) is 11.6 Å². The van der Waals surface area contributed by atoms with E-state index in [0.29, 0.717) is 13.2 Å². The minimum absolute atomic E-state index is 0.290. The zero-order chi connectivity index (χ0) is 14.7. The van der Waals surface area contributed by atoms with Crippen LogP contribution in [-0.4, -0.2) is 13.2 Å². The number of ether oxygens (including phenoxy) is 2. The molecule has 21 heavy (non-hydrogen) atoms. The van der Waals surface area contributed by atoms with Gasteiger partial charge in [0.1, 0.15) is 5.75 Å². The maximum absolute atomic E-state index is 13.8. The van der Waals surface area contributed by atoms with Gasteiger partial charge in [0.05, 0.1) is 13.2 Å². The van der Waals surface area contributed by atoms with Gasteiger partial charge in [0.2, 0.25) is 0 Å². The summed E-state index contributed by atoms with van der Waals surface area (Å²) < 4.78 is 24.4. The Kier molecular flexibility index (Phi) is 3.95.